The second kappa shape index (κ2) is 7.46. The maximum Gasteiger partial charge on any atom is 0.242 e. The second-order valence-electron chi connectivity index (χ2n) is 6.92. The number of fused-ring (bicyclic) bond motifs is 1. The zero-order chi connectivity index (χ0) is 19.8. The zero-order valence-electron chi connectivity index (χ0n) is 15.0. The van der Waals surface area contributed by atoms with Crippen LogP contribution < -0.4 is 5.32 Å². The van der Waals surface area contributed by atoms with Crippen molar-refractivity contribution in [3.63, 3.8) is 0 Å². The molecule has 146 valence electrons. The fraction of sp³-hybridized carbons (Fsp3) is 0.300. The topological polar surface area (TPSA) is 76.1 Å². The van der Waals surface area contributed by atoms with E-state index in [1.165, 1.54) is 35.6 Å². The van der Waals surface area contributed by atoms with Gasteiger partial charge in [-0.1, -0.05) is 36.6 Å². The van der Waals surface area contributed by atoms with Crippen LogP contribution >= 0.6 is 22.9 Å². The number of carbonyl (C=O) groups is 1. The molecule has 5 nitrogen and oxygen atoms in total. The maximum atomic E-state index is 13.3. The Kier molecular flexibility index (Phi) is 5.16. The van der Waals surface area contributed by atoms with Crippen molar-refractivity contribution in [2.45, 2.75) is 41.9 Å². The number of sulfone groups is 1. The highest BCUT2D eigenvalue weighted by molar-refractivity contribution is 7.93. The average molecular weight is 435 g/mol. The number of thiazole rings is 1. The number of aromatic nitrogens is 1. The van der Waals surface area contributed by atoms with Crippen LogP contribution in [0, 0.1) is 0 Å². The van der Waals surface area contributed by atoms with Crippen LogP contribution in [-0.4, -0.2) is 24.1 Å². The minimum Gasteiger partial charge on any atom is -0.348 e. The predicted molar refractivity (Wildman–Crippen MR) is 111 cm³/mol. The lowest BCUT2D eigenvalue weighted by atomic mass is 10.1. The summed E-state index contributed by atoms with van der Waals surface area (Å²) in [5.41, 5.74) is 0.876. The Hall–Kier alpha value is -1.96. The molecule has 1 N–H and O–H groups in total. The van der Waals surface area contributed by atoms with E-state index < -0.39 is 20.5 Å². The third kappa shape index (κ3) is 3.32. The summed E-state index contributed by atoms with van der Waals surface area (Å²) in [7, 11) is -3.83. The van der Waals surface area contributed by atoms with Gasteiger partial charge in [0.15, 0.2) is 14.6 Å². The highest BCUT2D eigenvalue weighted by Gasteiger charge is 2.52. The fourth-order valence-electron chi connectivity index (χ4n) is 3.72. The fourth-order valence-corrected chi connectivity index (χ4v) is 6.84. The lowest BCUT2D eigenvalue weighted by Gasteiger charge is -2.27. The van der Waals surface area contributed by atoms with E-state index in [1.54, 1.807) is 0 Å². The molecular formula is C20H19ClN2O3S2. The third-order valence-corrected chi connectivity index (χ3v) is 9.01. The summed E-state index contributed by atoms with van der Waals surface area (Å²) in [6.45, 7) is 0.218. The molecule has 1 fully saturated rings. The summed E-state index contributed by atoms with van der Waals surface area (Å²) < 4.78 is 26.3. The van der Waals surface area contributed by atoms with E-state index >= 15 is 0 Å². The highest BCUT2D eigenvalue weighted by Crippen LogP contribution is 2.41. The maximum absolute atomic E-state index is 13.3. The molecule has 4 rings (SSSR count). The molecule has 8 heteroatoms. The zero-order valence-corrected chi connectivity index (χ0v) is 17.4. The molecule has 0 spiro atoms. The summed E-state index contributed by atoms with van der Waals surface area (Å²) >= 11 is 7.39. The van der Waals surface area contributed by atoms with Crippen molar-refractivity contribution in [3.05, 3.63) is 58.6 Å². The molecule has 1 aliphatic rings. The number of benzene rings is 2. The van der Waals surface area contributed by atoms with Crippen molar-refractivity contribution >= 4 is 48.9 Å². The standard InChI is InChI=1S/C20H19ClN2O3S2/c21-14-7-9-15(10-8-14)28(25,26)20(11-3-4-12-20)19(24)22-13-18-23-16-5-1-2-6-17(16)27-18/h1-2,5-10H,3-4,11-13H2,(H,22,24). The predicted octanol–water partition coefficient (Wildman–Crippen LogP) is 4.35. The summed E-state index contributed by atoms with van der Waals surface area (Å²) in [4.78, 5) is 17.7. The summed E-state index contributed by atoms with van der Waals surface area (Å²) in [6, 6.07) is 13.8. The van der Waals surface area contributed by atoms with Crippen LogP contribution in [0.2, 0.25) is 5.02 Å². The van der Waals surface area contributed by atoms with Gasteiger partial charge in [-0.05, 0) is 49.2 Å². The molecule has 0 aliphatic heterocycles. The number of halogens is 1. The van der Waals surface area contributed by atoms with Gasteiger partial charge in [0, 0.05) is 5.02 Å². The van der Waals surface area contributed by atoms with Crippen LogP contribution in [-0.2, 0) is 21.2 Å². The molecule has 28 heavy (non-hydrogen) atoms. The van der Waals surface area contributed by atoms with Crippen LogP contribution in [0.4, 0.5) is 0 Å². The largest absolute Gasteiger partial charge is 0.348 e. The summed E-state index contributed by atoms with van der Waals surface area (Å²) in [6.07, 6.45) is 2.07. The van der Waals surface area contributed by atoms with E-state index in [1.807, 2.05) is 24.3 Å². The van der Waals surface area contributed by atoms with Gasteiger partial charge in [-0.3, -0.25) is 4.79 Å². The van der Waals surface area contributed by atoms with E-state index in [2.05, 4.69) is 10.3 Å². The quantitative estimate of drug-likeness (QED) is 0.647. The third-order valence-electron chi connectivity index (χ3n) is 5.20. The Balaban J connectivity index is 1.59. The number of hydrogen-bond donors (Lipinski definition) is 1. The Morgan fingerprint density at radius 1 is 1.11 bits per heavy atom. The number of rotatable bonds is 5. The molecule has 3 aromatic rings. The van der Waals surface area contributed by atoms with Crippen LogP contribution in [0.15, 0.2) is 53.4 Å². The number of amides is 1. The molecule has 0 unspecified atom stereocenters. The first-order chi connectivity index (χ1) is 13.4. The van der Waals surface area contributed by atoms with Crippen molar-refractivity contribution in [2.75, 3.05) is 0 Å². The van der Waals surface area contributed by atoms with Crippen LogP contribution in [0.25, 0.3) is 10.2 Å². The molecule has 0 saturated heterocycles. The van der Waals surface area contributed by atoms with Crippen LogP contribution in [0.1, 0.15) is 30.7 Å². The van der Waals surface area contributed by atoms with Gasteiger partial charge in [0.05, 0.1) is 21.7 Å². The first-order valence-corrected chi connectivity index (χ1v) is 11.7. The highest BCUT2D eigenvalue weighted by atomic mass is 35.5. The number of carbonyl (C=O) groups excluding carboxylic acids is 1. The Morgan fingerprint density at radius 3 is 2.46 bits per heavy atom. The van der Waals surface area contributed by atoms with Crippen molar-refractivity contribution in [1.82, 2.24) is 10.3 Å². The monoisotopic (exact) mass is 434 g/mol. The number of hydrogen-bond acceptors (Lipinski definition) is 5. The van der Waals surface area contributed by atoms with Gasteiger partial charge in [0.25, 0.3) is 0 Å². The molecule has 0 atom stereocenters. The molecular weight excluding hydrogens is 416 g/mol. The van der Waals surface area contributed by atoms with Gasteiger partial charge in [-0.25, -0.2) is 13.4 Å². The molecule has 1 heterocycles. The van der Waals surface area contributed by atoms with E-state index in [0.717, 1.165) is 15.2 Å². The normalized spacial score (nSPS) is 16.3. The molecule has 0 bridgehead atoms. The number of nitrogens with zero attached hydrogens (tertiary/aromatic N) is 1. The van der Waals surface area contributed by atoms with Gasteiger partial charge < -0.3 is 5.32 Å². The van der Waals surface area contributed by atoms with E-state index in [-0.39, 0.29) is 11.4 Å². The lowest BCUT2D eigenvalue weighted by Crippen LogP contribution is -2.50. The van der Waals surface area contributed by atoms with E-state index in [9.17, 15) is 13.2 Å². The van der Waals surface area contributed by atoms with Gasteiger partial charge >= 0.3 is 0 Å². The van der Waals surface area contributed by atoms with Crippen LogP contribution in [0.3, 0.4) is 0 Å². The van der Waals surface area contributed by atoms with Crippen molar-refractivity contribution in [2.24, 2.45) is 0 Å². The van der Waals surface area contributed by atoms with Crippen molar-refractivity contribution in [3.8, 4) is 0 Å². The minimum atomic E-state index is -3.83. The van der Waals surface area contributed by atoms with Crippen LogP contribution in [0.5, 0.6) is 0 Å². The Bertz CT molecular complexity index is 1080. The molecule has 1 amide bonds. The van der Waals surface area contributed by atoms with Gasteiger partial charge in [-0.2, -0.15) is 0 Å². The summed E-state index contributed by atoms with van der Waals surface area (Å²) in [5.74, 6) is -0.445. The van der Waals surface area contributed by atoms with E-state index in [0.29, 0.717) is 30.7 Å². The van der Waals surface area contributed by atoms with Gasteiger partial charge in [0.2, 0.25) is 5.91 Å². The minimum absolute atomic E-state index is 0.133. The van der Waals surface area contributed by atoms with Gasteiger partial charge in [0.1, 0.15) is 5.01 Å². The number of nitrogens with one attached hydrogen (secondary N) is 1. The first kappa shape index (κ1) is 19.4. The average Bonchev–Trinajstić information content (AvgIpc) is 3.34. The smallest absolute Gasteiger partial charge is 0.242 e. The van der Waals surface area contributed by atoms with Gasteiger partial charge in [-0.15, -0.1) is 11.3 Å². The Labute approximate surface area is 172 Å². The Morgan fingerprint density at radius 2 is 1.79 bits per heavy atom. The molecule has 1 aromatic heterocycles. The van der Waals surface area contributed by atoms with E-state index in [4.69, 9.17) is 11.6 Å². The molecule has 1 aliphatic carbocycles. The lowest BCUT2D eigenvalue weighted by molar-refractivity contribution is -0.123. The second-order valence-corrected chi connectivity index (χ2v) is 10.7. The van der Waals surface area contributed by atoms with Crippen molar-refractivity contribution in [1.29, 1.82) is 0 Å². The molecule has 0 radical (unpaired) electrons. The molecule has 1 saturated carbocycles. The SMILES string of the molecule is O=C(NCc1nc2ccccc2s1)C1(S(=O)(=O)c2ccc(Cl)cc2)CCCC1. The summed E-state index contributed by atoms with van der Waals surface area (Å²) in [5, 5.41) is 4.05. The first-order valence-electron chi connectivity index (χ1n) is 9.05. The molecule has 2 aromatic carbocycles. The number of para-hydroxylation sites is 1. The van der Waals surface area contributed by atoms with Crippen molar-refractivity contribution < 1.29 is 13.2 Å².